The summed E-state index contributed by atoms with van der Waals surface area (Å²) in [6, 6.07) is 6.04. The van der Waals surface area contributed by atoms with E-state index in [1.54, 1.807) is 24.3 Å². The minimum Gasteiger partial charge on any atom is -0.423 e. The predicted octanol–water partition coefficient (Wildman–Crippen LogP) is 0.654. The average Bonchev–Trinajstić information content (AvgIpc) is 2.40. The van der Waals surface area contributed by atoms with Crippen molar-refractivity contribution in [2.24, 2.45) is 5.73 Å². The van der Waals surface area contributed by atoms with E-state index < -0.39 is 13.2 Å². The monoisotopic (exact) mass is 265 g/mol. The highest BCUT2D eigenvalue weighted by Crippen LogP contribution is 2.02. The van der Waals surface area contributed by atoms with Crippen LogP contribution in [0.15, 0.2) is 36.9 Å². The Morgan fingerprint density at radius 1 is 1.47 bits per heavy atom. The molecule has 0 aliphatic heterocycles. The van der Waals surface area contributed by atoms with Crippen molar-refractivity contribution in [3.63, 3.8) is 0 Å². The van der Waals surface area contributed by atoms with Gasteiger partial charge in [0.15, 0.2) is 5.78 Å². The van der Waals surface area contributed by atoms with Gasteiger partial charge in [-0.3, -0.25) is 4.79 Å². The maximum absolute atomic E-state index is 11.2. The van der Waals surface area contributed by atoms with Gasteiger partial charge in [-0.05, 0) is 23.5 Å². The fourth-order valence-corrected chi connectivity index (χ4v) is 1.39. The topological polar surface area (TPSA) is 83.6 Å². The minimum absolute atomic E-state index is 0. The minimum atomic E-state index is -1.51. The molecule has 0 heterocycles. The van der Waals surface area contributed by atoms with Gasteiger partial charge in [-0.2, -0.15) is 0 Å². The summed E-state index contributed by atoms with van der Waals surface area (Å²) < 4.78 is 0. The second kappa shape index (κ2) is 10.5. The third-order valence-electron chi connectivity index (χ3n) is 2.27. The second-order valence-corrected chi connectivity index (χ2v) is 3.54. The van der Waals surface area contributed by atoms with E-state index in [0.717, 1.165) is 5.56 Å². The van der Waals surface area contributed by atoms with Crippen LogP contribution in [-0.4, -0.2) is 29.0 Å². The molecule has 0 saturated heterocycles. The van der Waals surface area contributed by atoms with E-state index in [0.29, 0.717) is 11.9 Å². The van der Waals surface area contributed by atoms with Gasteiger partial charge in [-0.15, -0.1) is 0 Å². The summed E-state index contributed by atoms with van der Waals surface area (Å²) in [5.41, 5.74) is 6.81. The Labute approximate surface area is 116 Å². The molecule has 1 aromatic carbocycles. The number of carbonyl (C=O) groups is 1. The molecule has 1 unspecified atom stereocenters. The Morgan fingerprint density at radius 3 is 2.53 bits per heavy atom. The van der Waals surface area contributed by atoms with Crippen molar-refractivity contribution in [3.05, 3.63) is 42.5 Å². The maximum atomic E-state index is 11.2. The van der Waals surface area contributed by atoms with Crippen LogP contribution in [0.2, 0.25) is 0 Å². The number of ketones is 1. The van der Waals surface area contributed by atoms with Crippen LogP contribution in [0.4, 0.5) is 0 Å². The lowest BCUT2D eigenvalue weighted by molar-refractivity contribution is -0.115. The highest BCUT2D eigenvalue weighted by molar-refractivity contribution is 6.58. The van der Waals surface area contributed by atoms with Crippen LogP contribution in [-0.2, 0) is 11.2 Å². The van der Waals surface area contributed by atoms with Crippen LogP contribution >= 0.6 is 0 Å². The molecule has 19 heavy (non-hydrogen) atoms. The Kier molecular flexibility index (Phi) is 11.0. The van der Waals surface area contributed by atoms with Crippen molar-refractivity contribution in [1.82, 2.24) is 0 Å². The van der Waals surface area contributed by atoms with Gasteiger partial charge in [-0.25, -0.2) is 0 Å². The number of hydrogen-bond donors (Lipinski definition) is 3. The van der Waals surface area contributed by atoms with Crippen LogP contribution < -0.4 is 11.2 Å². The molecule has 5 heteroatoms. The summed E-state index contributed by atoms with van der Waals surface area (Å²) >= 11 is 0. The molecule has 0 aliphatic carbocycles. The molecule has 1 atom stereocenters. The first kappa shape index (κ1) is 19.9. The lowest BCUT2D eigenvalue weighted by Crippen LogP contribution is -2.33. The Hall–Kier alpha value is -1.43. The van der Waals surface area contributed by atoms with E-state index >= 15 is 0 Å². The molecule has 1 aromatic rings. The van der Waals surface area contributed by atoms with Gasteiger partial charge in [-0.1, -0.05) is 52.1 Å². The lowest BCUT2D eigenvalue weighted by Gasteiger charge is -2.09. The quantitative estimate of drug-likeness (QED) is 0.539. The zero-order chi connectivity index (χ0) is 14.1. The van der Waals surface area contributed by atoms with Crippen molar-refractivity contribution in [1.29, 1.82) is 0 Å². The molecule has 106 valence electrons. The van der Waals surface area contributed by atoms with Crippen molar-refractivity contribution >= 4 is 18.4 Å². The van der Waals surface area contributed by atoms with Crippen molar-refractivity contribution < 1.29 is 14.8 Å². The van der Waals surface area contributed by atoms with Crippen molar-refractivity contribution in [2.45, 2.75) is 33.7 Å². The van der Waals surface area contributed by atoms with E-state index in [-0.39, 0.29) is 13.2 Å². The SMILES string of the molecule is C.C=CC(=O)C(N)Cc1cccc(B(O)O)c1.CC. The Morgan fingerprint density at radius 2 is 2.05 bits per heavy atom. The molecule has 0 amide bonds. The van der Waals surface area contributed by atoms with Crippen LogP contribution in [0.25, 0.3) is 0 Å². The fraction of sp³-hybridized carbons (Fsp3) is 0.357. The summed E-state index contributed by atoms with van der Waals surface area (Å²) in [7, 11) is -1.51. The molecule has 0 radical (unpaired) electrons. The van der Waals surface area contributed by atoms with Crippen molar-refractivity contribution in [3.8, 4) is 0 Å². The summed E-state index contributed by atoms with van der Waals surface area (Å²) in [5.74, 6) is -0.227. The van der Waals surface area contributed by atoms with E-state index in [9.17, 15) is 4.79 Å². The highest BCUT2D eigenvalue weighted by atomic mass is 16.4. The number of rotatable bonds is 5. The van der Waals surface area contributed by atoms with Gasteiger partial charge in [0.2, 0.25) is 0 Å². The normalized spacial score (nSPS) is 10.4. The molecular weight excluding hydrogens is 241 g/mol. The summed E-state index contributed by atoms with van der Waals surface area (Å²) in [6.07, 6.45) is 1.54. The first-order chi connectivity index (χ1) is 8.54. The van der Waals surface area contributed by atoms with Gasteiger partial charge in [0.25, 0.3) is 0 Å². The third-order valence-corrected chi connectivity index (χ3v) is 2.27. The highest BCUT2D eigenvalue weighted by Gasteiger charge is 2.14. The van der Waals surface area contributed by atoms with Gasteiger partial charge in [0.1, 0.15) is 0 Å². The Bertz CT molecular complexity index is 394. The summed E-state index contributed by atoms with van der Waals surface area (Å²) in [5, 5.41) is 18.0. The summed E-state index contributed by atoms with van der Waals surface area (Å²) in [6.45, 7) is 7.36. The molecule has 0 saturated carbocycles. The molecule has 0 aromatic heterocycles. The lowest BCUT2D eigenvalue weighted by atomic mass is 9.79. The molecule has 0 aliphatic rings. The van der Waals surface area contributed by atoms with Gasteiger partial charge in [0.05, 0.1) is 6.04 Å². The maximum Gasteiger partial charge on any atom is 0.488 e. The average molecular weight is 265 g/mol. The number of benzene rings is 1. The molecule has 4 N–H and O–H groups in total. The number of carbonyl (C=O) groups excluding carboxylic acids is 1. The fourth-order valence-electron chi connectivity index (χ4n) is 1.39. The molecule has 4 nitrogen and oxygen atoms in total. The van der Waals surface area contributed by atoms with Crippen LogP contribution in [0.1, 0.15) is 26.8 Å². The molecular formula is C14H24BNO3. The van der Waals surface area contributed by atoms with Crippen LogP contribution in [0.5, 0.6) is 0 Å². The molecule has 1 rings (SSSR count). The second-order valence-electron chi connectivity index (χ2n) is 3.54. The molecule has 0 spiro atoms. The number of nitrogens with two attached hydrogens (primary N) is 1. The largest absolute Gasteiger partial charge is 0.488 e. The predicted molar refractivity (Wildman–Crippen MR) is 81.2 cm³/mol. The molecule has 0 bridgehead atoms. The van der Waals surface area contributed by atoms with Crippen LogP contribution in [0, 0.1) is 0 Å². The first-order valence-corrected chi connectivity index (χ1v) is 5.91. The zero-order valence-corrected chi connectivity index (χ0v) is 10.8. The Balaban J connectivity index is 0. The number of hydrogen-bond acceptors (Lipinski definition) is 4. The van der Waals surface area contributed by atoms with E-state index in [1.165, 1.54) is 6.08 Å². The van der Waals surface area contributed by atoms with Crippen LogP contribution in [0.3, 0.4) is 0 Å². The molecule has 0 fully saturated rings. The van der Waals surface area contributed by atoms with Gasteiger partial charge < -0.3 is 15.8 Å². The van der Waals surface area contributed by atoms with Crippen molar-refractivity contribution in [2.75, 3.05) is 0 Å². The van der Waals surface area contributed by atoms with Gasteiger partial charge in [0, 0.05) is 0 Å². The summed E-state index contributed by atoms with van der Waals surface area (Å²) in [4.78, 5) is 11.2. The smallest absolute Gasteiger partial charge is 0.423 e. The van der Waals surface area contributed by atoms with E-state index in [4.69, 9.17) is 15.8 Å². The zero-order valence-electron chi connectivity index (χ0n) is 10.8. The van der Waals surface area contributed by atoms with E-state index in [1.807, 2.05) is 13.8 Å². The van der Waals surface area contributed by atoms with E-state index in [2.05, 4.69) is 6.58 Å². The standard InChI is InChI=1S/C11H14BNO3.C2H6.CH4/c1-2-11(14)10(13)7-8-4-3-5-9(6-8)12(15)16;1-2;/h2-6,10,15-16H,1,7,13H2;1-2H3;1H4. The van der Waals surface area contributed by atoms with Gasteiger partial charge >= 0.3 is 7.12 Å². The first-order valence-electron chi connectivity index (χ1n) is 5.91. The third kappa shape index (κ3) is 6.91.